The maximum absolute atomic E-state index is 12.0. The highest BCUT2D eigenvalue weighted by atomic mass is 35.5. The Labute approximate surface area is 127 Å². The van der Waals surface area contributed by atoms with Crippen LogP contribution >= 0.6 is 22.9 Å². The molecule has 1 aromatic heterocycles. The average molecular weight is 332 g/mol. The summed E-state index contributed by atoms with van der Waals surface area (Å²) in [5.41, 5.74) is -0.904. The number of rotatable bonds is 5. The zero-order chi connectivity index (χ0) is 14.8. The molecule has 1 heterocycles. The molecule has 1 aromatic carbocycles. The Hall–Kier alpha value is -0.920. The maximum atomic E-state index is 12.0. The highest BCUT2D eigenvalue weighted by Crippen LogP contribution is 2.27. The lowest BCUT2D eigenvalue weighted by Crippen LogP contribution is -2.38. The summed E-state index contributed by atoms with van der Waals surface area (Å²) < 4.78 is 26.6. The normalized spacial score (nSPS) is 14.9. The molecule has 0 aliphatic rings. The number of hydrogen-bond donors (Lipinski definition) is 2. The highest BCUT2D eigenvalue weighted by Gasteiger charge is 2.28. The molecule has 2 aromatic rings. The van der Waals surface area contributed by atoms with Crippen molar-refractivity contribution in [2.24, 2.45) is 0 Å². The molecule has 0 fully saturated rings. The molecule has 2 rings (SSSR count). The third-order valence-electron chi connectivity index (χ3n) is 2.82. The van der Waals surface area contributed by atoms with Crippen LogP contribution < -0.4 is 4.72 Å². The van der Waals surface area contributed by atoms with Gasteiger partial charge in [0.1, 0.15) is 9.81 Å². The predicted molar refractivity (Wildman–Crippen MR) is 80.5 cm³/mol. The van der Waals surface area contributed by atoms with E-state index in [0.29, 0.717) is 10.6 Å². The molecule has 4 nitrogen and oxygen atoms in total. The summed E-state index contributed by atoms with van der Waals surface area (Å²) in [5, 5.41) is 12.5. The summed E-state index contributed by atoms with van der Waals surface area (Å²) in [5.74, 6) is 0. The van der Waals surface area contributed by atoms with Gasteiger partial charge in [0, 0.05) is 17.1 Å². The van der Waals surface area contributed by atoms with Gasteiger partial charge in [-0.2, -0.15) is 0 Å². The number of thiophene rings is 1. The van der Waals surface area contributed by atoms with Gasteiger partial charge in [-0.05, 0) is 24.4 Å². The van der Waals surface area contributed by atoms with Gasteiger partial charge in [-0.15, -0.1) is 11.3 Å². The van der Waals surface area contributed by atoms with Crippen LogP contribution in [-0.4, -0.2) is 20.1 Å². The largest absolute Gasteiger partial charge is 0.384 e. The van der Waals surface area contributed by atoms with E-state index in [1.54, 1.807) is 35.7 Å². The van der Waals surface area contributed by atoms with Gasteiger partial charge >= 0.3 is 0 Å². The van der Waals surface area contributed by atoms with Crippen LogP contribution in [0.4, 0.5) is 0 Å². The molecule has 0 amide bonds. The first-order chi connectivity index (χ1) is 9.33. The van der Waals surface area contributed by atoms with Crippen molar-refractivity contribution in [3.05, 3.63) is 52.4 Å². The first kappa shape index (κ1) is 15.5. The van der Waals surface area contributed by atoms with E-state index in [1.165, 1.54) is 13.0 Å². The fourth-order valence-corrected chi connectivity index (χ4v) is 4.23. The van der Waals surface area contributed by atoms with Crippen LogP contribution in [0.1, 0.15) is 12.5 Å². The zero-order valence-corrected chi connectivity index (χ0v) is 13.1. The fourth-order valence-electron chi connectivity index (χ4n) is 1.72. The number of halogens is 1. The second kappa shape index (κ2) is 5.83. The minimum Gasteiger partial charge on any atom is -0.384 e. The number of aliphatic hydroxyl groups is 1. The van der Waals surface area contributed by atoms with Crippen molar-refractivity contribution < 1.29 is 13.5 Å². The van der Waals surface area contributed by atoms with Crippen LogP contribution in [0.3, 0.4) is 0 Å². The lowest BCUT2D eigenvalue weighted by Gasteiger charge is -2.25. The summed E-state index contributed by atoms with van der Waals surface area (Å²) in [4.78, 5) is 0. The lowest BCUT2D eigenvalue weighted by atomic mass is 9.96. The molecule has 0 bridgehead atoms. The molecule has 2 N–H and O–H groups in total. The molecule has 0 aliphatic carbocycles. The van der Waals surface area contributed by atoms with Gasteiger partial charge in [0.05, 0.1) is 0 Å². The van der Waals surface area contributed by atoms with Crippen LogP contribution in [0.15, 0.2) is 46.0 Å². The SMILES string of the molecule is C[C@](O)(CNS(=O)(=O)c1cccs1)c1ccccc1Cl. The standard InChI is InChI=1S/C13H14ClNO3S2/c1-13(16,10-5-2-3-6-11(10)14)9-15-20(17,18)12-7-4-8-19-12/h2-8,15-16H,9H2,1H3/t13-/m0/s1. The topological polar surface area (TPSA) is 66.4 Å². The van der Waals surface area contributed by atoms with E-state index in [4.69, 9.17) is 11.6 Å². The summed E-state index contributed by atoms with van der Waals surface area (Å²) in [6, 6.07) is 9.98. The molecule has 0 saturated heterocycles. The molecular weight excluding hydrogens is 318 g/mol. The van der Waals surface area contributed by atoms with E-state index in [9.17, 15) is 13.5 Å². The van der Waals surface area contributed by atoms with E-state index >= 15 is 0 Å². The van der Waals surface area contributed by atoms with E-state index in [0.717, 1.165) is 11.3 Å². The third-order valence-corrected chi connectivity index (χ3v) is 5.95. The van der Waals surface area contributed by atoms with Gasteiger partial charge in [0.2, 0.25) is 10.0 Å². The van der Waals surface area contributed by atoms with Crippen molar-refractivity contribution in [2.75, 3.05) is 6.54 Å². The Kier molecular flexibility index (Phi) is 4.51. The predicted octanol–water partition coefficient (Wildman–Crippen LogP) is 2.59. The quantitative estimate of drug-likeness (QED) is 0.885. The monoisotopic (exact) mass is 331 g/mol. The van der Waals surface area contributed by atoms with Crippen molar-refractivity contribution in [3.8, 4) is 0 Å². The van der Waals surface area contributed by atoms with Gasteiger partial charge in [0.15, 0.2) is 0 Å². The molecule has 0 radical (unpaired) electrons. The number of nitrogens with one attached hydrogen (secondary N) is 1. The van der Waals surface area contributed by atoms with Gasteiger partial charge in [-0.1, -0.05) is 35.9 Å². The second-order valence-electron chi connectivity index (χ2n) is 4.51. The van der Waals surface area contributed by atoms with Crippen LogP contribution in [0.25, 0.3) is 0 Å². The summed E-state index contributed by atoms with van der Waals surface area (Å²) >= 11 is 7.14. The van der Waals surface area contributed by atoms with E-state index in [2.05, 4.69) is 4.72 Å². The van der Waals surface area contributed by atoms with Crippen LogP contribution in [0.5, 0.6) is 0 Å². The minimum atomic E-state index is -3.61. The molecule has 1 atom stereocenters. The molecule has 0 aliphatic heterocycles. The van der Waals surface area contributed by atoms with Crippen molar-refractivity contribution in [3.63, 3.8) is 0 Å². The Morgan fingerprint density at radius 1 is 1.30 bits per heavy atom. The molecule has 0 unspecified atom stereocenters. The van der Waals surface area contributed by atoms with Crippen molar-refractivity contribution in [1.29, 1.82) is 0 Å². The average Bonchev–Trinajstić information content (AvgIpc) is 2.92. The second-order valence-corrected chi connectivity index (χ2v) is 7.86. The first-order valence-corrected chi connectivity index (χ1v) is 8.57. The molecule has 20 heavy (non-hydrogen) atoms. The molecule has 0 saturated carbocycles. The van der Waals surface area contributed by atoms with Gasteiger partial charge in [0.25, 0.3) is 0 Å². The molecular formula is C13H14ClNO3S2. The maximum Gasteiger partial charge on any atom is 0.250 e. The van der Waals surface area contributed by atoms with Crippen molar-refractivity contribution in [2.45, 2.75) is 16.7 Å². The Morgan fingerprint density at radius 2 is 2.00 bits per heavy atom. The van der Waals surface area contributed by atoms with Crippen molar-refractivity contribution in [1.82, 2.24) is 4.72 Å². The molecule has 7 heteroatoms. The van der Waals surface area contributed by atoms with Crippen LogP contribution in [0, 0.1) is 0 Å². The Balaban J connectivity index is 2.16. The minimum absolute atomic E-state index is 0.156. The Bertz CT molecular complexity index is 681. The zero-order valence-electron chi connectivity index (χ0n) is 10.7. The fraction of sp³-hybridized carbons (Fsp3) is 0.231. The highest BCUT2D eigenvalue weighted by molar-refractivity contribution is 7.91. The van der Waals surface area contributed by atoms with Gasteiger partial charge in [-0.25, -0.2) is 13.1 Å². The molecule has 0 spiro atoms. The summed E-state index contributed by atoms with van der Waals surface area (Å²) in [7, 11) is -3.61. The van der Waals surface area contributed by atoms with Crippen molar-refractivity contribution >= 4 is 33.0 Å². The Morgan fingerprint density at radius 3 is 2.60 bits per heavy atom. The summed E-state index contributed by atoms with van der Waals surface area (Å²) in [6.45, 7) is 1.36. The van der Waals surface area contributed by atoms with E-state index in [1.807, 2.05) is 0 Å². The number of hydrogen-bond acceptors (Lipinski definition) is 4. The van der Waals surface area contributed by atoms with Gasteiger partial charge < -0.3 is 5.11 Å². The number of sulfonamides is 1. The number of benzene rings is 1. The van der Waals surface area contributed by atoms with Crippen LogP contribution in [0.2, 0.25) is 5.02 Å². The van der Waals surface area contributed by atoms with Gasteiger partial charge in [-0.3, -0.25) is 0 Å². The third kappa shape index (κ3) is 3.39. The summed E-state index contributed by atoms with van der Waals surface area (Å²) in [6.07, 6.45) is 0. The van der Waals surface area contributed by atoms with E-state index in [-0.39, 0.29) is 10.8 Å². The lowest BCUT2D eigenvalue weighted by molar-refractivity contribution is 0.0629. The van der Waals surface area contributed by atoms with Crippen LogP contribution in [-0.2, 0) is 15.6 Å². The smallest absolute Gasteiger partial charge is 0.250 e. The first-order valence-electron chi connectivity index (χ1n) is 5.83. The molecule has 108 valence electrons. The van der Waals surface area contributed by atoms with E-state index < -0.39 is 15.6 Å².